The van der Waals surface area contributed by atoms with Crippen LogP contribution in [0.15, 0.2) is 24.0 Å². The SMILES string of the molecule is COC1=CCC(C)(NC(C)=O)C=C1. The molecule has 1 amide bonds. The van der Waals surface area contributed by atoms with Gasteiger partial charge in [0.25, 0.3) is 0 Å². The van der Waals surface area contributed by atoms with E-state index in [4.69, 9.17) is 4.74 Å². The van der Waals surface area contributed by atoms with Crippen molar-refractivity contribution in [2.45, 2.75) is 25.8 Å². The summed E-state index contributed by atoms with van der Waals surface area (Å²) in [4.78, 5) is 10.9. The van der Waals surface area contributed by atoms with Gasteiger partial charge in [0.2, 0.25) is 5.91 Å². The Hall–Kier alpha value is -1.25. The first-order valence-electron chi connectivity index (χ1n) is 4.28. The van der Waals surface area contributed by atoms with Crippen molar-refractivity contribution < 1.29 is 9.53 Å². The fourth-order valence-electron chi connectivity index (χ4n) is 1.36. The minimum atomic E-state index is -0.256. The zero-order valence-corrected chi connectivity index (χ0v) is 8.26. The van der Waals surface area contributed by atoms with Crippen molar-refractivity contribution in [2.24, 2.45) is 0 Å². The Morgan fingerprint density at radius 2 is 2.38 bits per heavy atom. The third kappa shape index (κ3) is 2.61. The van der Waals surface area contributed by atoms with E-state index in [0.717, 1.165) is 12.2 Å². The van der Waals surface area contributed by atoms with Crippen LogP contribution in [0, 0.1) is 0 Å². The zero-order chi connectivity index (χ0) is 9.90. The Morgan fingerprint density at radius 3 is 2.77 bits per heavy atom. The molecule has 1 atom stereocenters. The summed E-state index contributed by atoms with van der Waals surface area (Å²) in [5, 5.41) is 2.88. The molecule has 3 heteroatoms. The molecule has 1 rings (SSSR count). The summed E-state index contributed by atoms with van der Waals surface area (Å²) >= 11 is 0. The van der Waals surface area contributed by atoms with Crippen LogP contribution in [0.2, 0.25) is 0 Å². The van der Waals surface area contributed by atoms with Crippen LogP contribution >= 0.6 is 0 Å². The lowest BCUT2D eigenvalue weighted by molar-refractivity contribution is -0.120. The molecule has 1 aliphatic rings. The van der Waals surface area contributed by atoms with E-state index >= 15 is 0 Å². The van der Waals surface area contributed by atoms with E-state index in [1.165, 1.54) is 6.92 Å². The van der Waals surface area contributed by atoms with Crippen molar-refractivity contribution in [1.29, 1.82) is 0 Å². The maximum Gasteiger partial charge on any atom is 0.217 e. The fraction of sp³-hybridized carbons (Fsp3) is 0.500. The van der Waals surface area contributed by atoms with Crippen molar-refractivity contribution in [3.63, 3.8) is 0 Å². The zero-order valence-electron chi connectivity index (χ0n) is 8.26. The topological polar surface area (TPSA) is 38.3 Å². The minimum absolute atomic E-state index is 0.0126. The summed E-state index contributed by atoms with van der Waals surface area (Å²) in [6.07, 6.45) is 6.56. The third-order valence-corrected chi connectivity index (χ3v) is 2.04. The molecule has 0 aliphatic heterocycles. The fourth-order valence-corrected chi connectivity index (χ4v) is 1.36. The molecule has 0 aromatic heterocycles. The van der Waals surface area contributed by atoms with E-state index in [1.807, 2.05) is 25.2 Å². The van der Waals surface area contributed by atoms with Crippen LogP contribution in [0.25, 0.3) is 0 Å². The van der Waals surface area contributed by atoms with Crippen LogP contribution in [-0.2, 0) is 9.53 Å². The average Bonchev–Trinajstić information content (AvgIpc) is 2.04. The predicted octanol–water partition coefficient (Wildman–Crippen LogP) is 1.37. The van der Waals surface area contributed by atoms with Crippen molar-refractivity contribution in [1.82, 2.24) is 5.32 Å². The number of hydrogen-bond acceptors (Lipinski definition) is 2. The van der Waals surface area contributed by atoms with Gasteiger partial charge in [-0.3, -0.25) is 4.79 Å². The predicted molar refractivity (Wildman–Crippen MR) is 51.1 cm³/mol. The lowest BCUT2D eigenvalue weighted by Gasteiger charge is -2.28. The van der Waals surface area contributed by atoms with Gasteiger partial charge in [-0.15, -0.1) is 0 Å². The smallest absolute Gasteiger partial charge is 0.217 e. The molecule has 1 aliphatic carbocycles. The molecular weight excluding hydrogens is 166 g/mol. The van der Waals surface area contributed by atoms with Crippen LogP contribution in [0.5, 0.6) is 0 Å². The molecule has 1 unspecified atom stereocenters. The second kappa shape index (κ2) is 3.64. The highest BCUT2D eigenvalue weighted by Crippen LogP contribution is 2.20. The third-order valence-electron chi connectivity index (χ3n) is 2.04. The Bertz CT molecular complexity index is 268. The summed E-state index contributed by atoms with van der Waals surface area (Å²) in [6.45, 7) is 3.50. The number of carbonyl (C=O) groups excluding carboxylic acids is 1. The van der Waals surface area contributed by atoms with Crippen molar-refractivity contribution in [2.75, 3.05) is 7.11 Å². The molecule has 3 nitrogen and oxygen atoms in total. The van der Waals surface area contributed by atoms with Gasteiger partial charge >= 0.3 is 0 Å². The Kier molecular flexibility index (Phi) is 2.76. The monoisotopic (exact) mass is 181 g/mol. The molecule has 0 aromatic carbocycles. The largest absolute Gasteiger partial charge is 0.497 e. The minimum Gasteiger partial charge on any atom is -0.497 e. The first kappa shape index (κ1) is 9.84. The van der Waals surface area contributed by atoms with Gasteiger partial charge in [-0.1, -0.05) is 6.08 Å². The van der Waals surface area contributed by atoms with Crippen LogP contribution in [-0.4, -0.2) is 18.6 Å². The highest BCUT2D eigenvalue weighted by atomic mass is 16.5. The van der Waals surface area contributed by atoms with E-state index < -0.39 is 0 Å². The van der Waals surface area contributed by atoms with Crippen LogP contribution < -0.4 is 5.32 Å². The number of ether oxygens (including phenoxy) is 1. The lowest BCUT2D eigenvalue weighted by Crippen LogP contribution is -2.43. The molecule has 0 spiro atoms. The number of nitrogens with one attached hydrogen (secondary N) is 1. The molecule has 0 bridgehead atoms. The van der Waals surface area contributed by atoms with Gasteiger partial charge in [0.15, 0.2) is 0 Å². The molecule has 72 valence electrons. The highest BCUT2D eigenvalue weighted by molar-refractivity contribution is 5.74. The summed E-state index contributed by atoms with van der Waals surface area (Å²) in [6, 6.07) is 0. The molecule has 0 fully saturated rings. The Balaban J connectivity index is 2.63. The van der Waals surface area contributed by atoms with E-state index in [9.17, 15) is 4.79 Å². The van der Waals surface area contributed by atoms with Gasteiger partial charge in [0.05, 0.1) is 12.6 Å². The maximum atomic E-state index is 10.9. The van der Waals surface area contributed by atoms with Crippen molar-refractivity contribution in [3.8, 4) is 0 Å². The Morgan fingerprint density at radius 1 is 1.69 bits per heavy atom. The quantitative estimate of drug-likeness (QED) is 0.698. The molecule has 1 N–H and O–H groups in total. The second-order valence-electron chi connectivity index (χ2n) is 3.45. The number of allylic oxidation sites excluding steroid dienone is 1. The molecule has 0 radical (unpaired) electrons. The van der Waals surface area contributed by atoms with Gasteiger partial charge in [0, 0.05) is 6.92 Å². The number of carbonyl (C=O) groups is 1. The number of rotatable bonds is 2. The number of hydrogen-bond donors (Lipinski definition) is 1. The standard InChI is InChI=1S/C10H15NO2/c1-8(12)11-10(2)6-4-9(13-3)5-7-10/h4-6H,7H2,1-3H3,(H,11,12). The second-order valence-corrected chi connectivity index (χ2v) is 3.45. The van der Waals surface area contributed by atoms with Gasteiger partial charge < -0.3 is 10.1 Å². The van der Waals surface area contributed by atoms with Crippen molar-refractivity contribution in [3.05, 3.63) is 24.0 Å². The van der Waals surface area contributed by atoms with E-state index in [-0.39, 0.29) is 11.4 Å². The van der Waals surface area contributed by atoms with Crippen LogP contribution in [0.1, 0.15) is 20.3 Å². The summed E-state index contributed by atoms with van der Waals surface area (Å²) in [5.74, 6) is 0.837. The van der Waals surface area contributed by atoms with E-state index in [2.05, 4.69) is 5.32 Å². The first-order valence-corrected chi connectivity index (χ1v) is 4.28. The molecule has 0 aromatic rings. The summed E-state index contributed by atoms with van der Waals surface area (Å²) in [7, 11) is 1.64. The molecule has 0 heterocycles. The molecular formula is C10H15NO2. The van der Waals surface area contributed by atoms with E-state index in [0.29, 0.717) is 0 Å². The number of methoxy groups -OCH3 is 1. The van der Waals surface area contributed by atoms with Crippen LogP contribution in [0.4, 0.5) is 0 Å². The summed E-state index contributed by atoms with van der Waals surface area (Å²) < 4.78 is 5.05. The average molecular weight is 181 g/mol. The Labute approximate surface area is 78.5 Å². The van der Waals surface area contributed by atoms with Gasteiger partial charge in [0.1, 0.15) is 5.76 Å². The van der Waals surface area contributed by atoms with E-state index in [1.54, 1.807) is 7.11 Å². The van der Waals surface area contributed by atoms with Crippen LogP contribution in [0.3, 0.4) is 0 Å². The number of amides is 1. The highest BCUT2D eigenvalue weighted by Gasteiger charge is 2.23. The molecule has 0 saturated carbocycles. The van der Waals surface area contributed by atoms with Gasteiger partial charge in [-0.2, -0.15) is 0 Å². The molecule has 0 saturated heterocycles. The van der Waals surface area contributed by atoms with Gasteiger partial charge in [-0.25, -0.2) is 0 Å². The summed E-state index contributed by atoms with van der Waals surface area (Å²) in [5.41, 5.74) is -0.256. The first-order chi connectivity index (χ1) is 6.06. The molecule has 13 heavy (non-hydrogen) atoms. The van der Waals surface area contributed by atoms with Gasteiger partial charge in [-0.05, 0) is 25.5 Å². The lowest BCUT2D eigenvalue weighted by atomic mass is 9.93. The maximum absolute atomic E-state index is 10.9. The normalized spacial score (nSPS) is 26.5. The van der Waals surface area contributed by atoms with Crippen molar-refractivity contribution >= 4 is 5.91 Å².